The fourth-order valence-corrected chi connectivity index (χ4v) is 4.61. The minimum absolute atomic E-state index is 0.196. The molecule has 162 valence electrons. The van der Waals surface area contributed by atoms with Gasteiger partial charge in [-0.25, -0.2) is 23.4 Å². The zero-order valence-corrected chi connectivity index (χ0v) is 17.9. The van der Waals surface area contributed by atoms with Crippen molar-refractivity contribution in [3.05, 3.63) is 59.5 Å². The number of nitrogens with one attached hydrogen (secondary N) is 1. The van der Waals surface area contributed by atoms with E-state index in [-0.39, 0.29) is 34.7 Å². The molecule has 4 aromatic heterocycles. The third-order valence-corrected chi connectivity index (χ3v) is 6.01. The molecule has 5 rings (SSSR count). The summed E-state index contributed by atoms with van der Waals surface area (Å²) in [5, 5.41) is 7.78. The number of hydrogen-bond acceptors (Lipinski definition) is 6. The number of para-hydroxylation sites is 1. The zero-order chi connectivity index (χ0) is 22.4. The number of pyridine rings is 1. The van der Waals surface area contributed by atoms with E-state index in [0.717, 1.165) is 15.8 Å². The third kappa shape index (κ3) is 3.52. The van der Waals surface area contributed by atoms with Gasteiger partial charge in [0.1, 0.15) is 12.2 Å². The van der Waals surface area contributed by atoms with Crippen LogP contribution >= 0.6 is 11.3 Å². The first-order valence-electron chi connectivity index (χ1n) is 9.77. The third-order valence-electron chi connectivity index (χ3n) is 5.08. The van der Waals surface area contributed by atoms with E-state index in [1.165, 1.54) is 28.3 Å². The van der Waals surface area contributed by atoms with Gasteiger partial charge in [-0.05, 0) is 43.7 Å². The Labute approximate surface area is 184 Å². The molecule has 0 spiro atoms. The molecule has 0 atom stereocenters. The summed E-state index contributed by atoms with van der Waals surface area (Å²) in [5.41, 5.74) is 2.47. The highest BCUT2D eigenvalue weighted by molar-refractivity contribution is 7.22. The average Bonchev–Trinajstić information content (AvgIpc) is 3.48. The molecule has 1 N–H and O–H groups in total. The van der Waals surface area contributed by atoms with Gasteiger partial charge in [-0.3, -0.25) is 4.79 Å². The molecule has 0 saturated heterocycles. The number of benzene rings is 1. The second kappa shape index (κ2) is 7.79. The number of fused-ring (bicyclic) bond motifs is 2. The van der Waals surface area contributed by atoms with Crippen LogP contribution in [-0.2, 0) is 11.3 Å². The second-order valence-electron chi connectivity index (χ2n) is 7.31. The number of nitrogens with zero attached hydrogens (tertiary/aromatic N) is 4. The molecular weight excluding hydrogens is 436 g/mol. The molecule has 5 aromatic rings. The average molecular weight is 453 g/mol. The van der Waals surface area contributed by atoms with E-state index < -0.39 is 6.43 Å². The number of rotatable bonds is 5. The van der Waals surface area contributed by atoms with E-state index in [0.29, 0.717) is 16.6 Å². The summed E-state index contributed by atoms with van der Waals surface area (Å²) in [7, 11) is 0. The Hall–Kier alpha value is -3.66. The maximum atomic E-state index is 13.8. The predicted molar refractivity (Wildman–Crippen MR) is 118 cm³/mol. The lowest BCUT2D eigenvalue weighted by molar-refractivity contribution is -0.116. The lowest BCUT2D eigenvalue weighted by atomic mass is 10.1. The molecule has 0 aliphatic heterocycles. The number of thiazole rings is 1. The van der Waals surface area contributed by atoms with Gasteiger partial charge >= 0.3 is 0 Å². The standard InChI is InChI=1S/C22H17F2N5O2S/c1-11-5-3-7-16-19(11)27-22(32-16)26-17(30)10-29-21-18(12(2)28-29)13(20(23)24)9-14(25-21)15-6-4-8-31-15/h3-9,20H,10H2,1-2H3,(H,26,27,30). The van der Waals surface area contributed by atoms with Crippen molar-refractivity contribution < 1.29 is 18.0 Å². The number of carbonyl (C=O) groups excluding carboxylic acids is 1. The van der Waals surface area contributed by atoms with Crippen LogP contribution in [0.15, 0.2) is 47.1 Å². The Kier molecular flexibility index (Phi) is 4.93. The van der Waals surface area contributed by atoms with Crippen LogP contribution in [0.1, 0.15) is 23.2 Å². The van der Waals surface area contributed by atoms with Crippen LogP contribution < -0.4 is 5.32 Å². The van der Waals surface area contributed by atoms with Gasteiger partial charge in [-0.15, -0.1) is 0 Å². The maximum absolute atomic E-state index is 13.8. The van der Waals surface area contributed by atoms with Crippen LogP contribution in [-0.4, -0.2) is 25.7 Å². The molecule has 1 aromatic carbocycles. The summed E-state index contributed by atoms with van der Waals surface area (Å²) in [6, 6.07) is 10.4. The molecule has 0 fully saturated rings. The van der Waals surface area contributed by atoms with Crippen LogP contribution in [0.25, 0.3) is 32.7 Å². The number of anilines is 1. The van der Waals surface area contributed by atoms with Crippen molar-refractivity contribution in [3.63, 3.8) is 0 Å². The van der Waals surface area contributed by atoms with Crippen LogP contribution in [0.5, 0.6) is 0 Å². The van der Waals surface area contributed by atoms with E-state index in [4.69, 9.17) is 4.42 Å². The quantitative estimate of drug-likeness (QED) is 0.380. The molecule has 0 saturated carbocycles. The smallest absolute Gasteiger partial charge is 0.264 e. The van der Waals surface area contributed by atoms with Gasteiger partial charge < -0.3 is 9.73 Å². The first kappa shape index (κ1) is 20.3. The molecular formula is C22H17F2N5O2S. The molecule has 10 heteroatoms. The summed E-state index contributed by atoms with van der Waals surface area (Å²) in [6.45, 7) is 3.37. The van der Waals surface area contributed by atoms with E-state index in [1.54, 1.807) is 19.1 Å². The number of halogens is 2. The fourth-order valence-electron chi connectivity index (χ4n) is 3.65. The van der Waals surface area contributed by atoms with Gasteiger partial charge in [0, 0.05) is 5.56 Å². The van der Waals surface area contributed by atoms with Crippen LogP contribution in [0.4, 0.5) is 13.9 Å². The van der Waals surface area contributed by atoms with Gasteiger partial charge in [-0.1, -0.05) is 23.5 Å². The van der Waals surface area contributed by atoms with Crippen LogP contribution in [0, 0.1) is 13.8 Å². The van der Waals surface area contributed by atoms with E-state index in [9.17, 15) is 13.6 Å². The van der Waals surface area contributed by atoms with E-state index >= 15 is 0 Å². The van der Waals surface area contributed by atoms with E-state index in [1.807, 2.05) is 25.1 Å². The van der Waals surface area contributed by atoms with Crippen LogP contribution in [0.3, 0.4) is 0 Å². The van der Waals surface area contributed by atoms with Gasteiger partial charge in [0.25, 0.3) is 6.43 Å². The minimum Gasteiger partial charge on any atom is -0.463 e. The largest absolute Gasteiger partial charge is 0.463 e. The highest BCUT2D eigenvalue weighted by atomic mass is 32.1. The predicted octanol–water partition coefficient (Wildman–Crippen LogP) is 5.49. The Bertz CT molecular complexity index is 1460. The van der Waals surface area contributed by atoms with Crippen molar-refractivity contribution in [1.29, 1.82) is 0 Å². The van der Waals surface area contributed by atoms with E-state index in [2.05, 4.69) is 20.4 Å². The molecule has 0 unspecified atom stereocenters. The Morgan fingerprint density at radius 3 is 2.78 bits per heavy atom. The molecule has 0 radical (unpaired) electrons. The molecule has 1 amide bonds. The summed E-state index contributed by atoms with van der Waals surface area (Å²) in [6.07, 6.45) is -1.29. The minimum atomic E-state index is -2.73. The molecule has 7 nitrogen and oxygen atoms in total. The number of amides is 1. The Balaban J connectivity index is 1.50. The van der Waals surface area contributed by atoms with Gasteiger partial charge in [0.05, 0.1) is 27.6 Å². The first-order valence-corrected chi connectivity index (χ1v) is 10.6. The number of aromatic nitrogens is 4. The van der Waals surface area contributed by atoms with Crippen molar-refractivity contribution in [2.75, 3.05) is 5.32 Å². The van der Waals surface area contributed by atoms with Gasteiger partial charge in [-0.2, -0.15) is 5.10 Å². The summed E-state index contributed by atoms with van der Waals surface area (Å²) in [4.78, 5) is 21.7. The first-order chi connectivity index (χ1) is 15.4. The monoisotopic (exact) mass is 453 g/mol. The number of hydrogen-bond donors (Lipinski definition) is 1. The molecule has 32 heavy (non-hydrogen) atoms. The van der Waals surface area contributed by atoms with Gasteiger partial charge in [0.15, 0.2) is 16.5 Å². The summed E-state index contributed by atoms with van der Waals surface area (Å²) < 4.78 is 35.2. The maximum Gasteiger partial charge on any atom is 0.264 e. The zero-order valence-electron chi connectivity index (χ0n) is 17.1. The SMILES string of the molecule is Cc1cccc2sc(NC(=O)Cn3nc(C)c4c(C(F)F)cc(-c5ccco5)nc43)nc12. The van der Waals surface area contributed by atoms with Crippen LogP contribution in [0.2, 0.25) is 0 Å². The number of aryl methyl sites for hydroxylation is 2. The number of alkyl halides is 2. The second-order valence-corrected chi connectivity index (χ2v) is 8.34. The van der Waals surface area contributed by atoms with Crippen molar-refractivity contribution in [3.8, 4) is 11.5 Å². The topological polar surface area (TPSA) is 85.8 Å². The van der Waals surface area contributed by atoms with Crippen molar-refractivity contribution in [1.82, 2.24) is 19.7 Å². The van der Waals surface area contributed by atoms with Crippen molar-refractivity contribution in [2.24, 2.45) is 0 Å². The Morgan fingerprint density at radius 1 is 1.22 bits per heavy atom. The van der Waals surface area contributed by atoms with Gasteiger partial charge in [0.2, 0.25) is 5.91 Å². The molecule has 4 heterocycles. The lowest BCUT2D eigenvalue weighted by Crippen LogP contribution is -2.19. The highest BCUT2D eigenvalue weighted by Crippen LogP contribution is 2.33. The molecule has 0 aliphatic rings. The fraction of sp³-hybridized carbons (Fsp3) is 0.182. The normalized spacial score (nSPS) is 11.7. The number of carbonyl (C=O) groups is 1. The summed E-state index contributed by atoms with van der Waals surface area (Å²) in [5.74, 6) is -0.0246. The summed E-state index contributed by atoms with van der Waals surface area (Å²) >= 11 is 1.37. The molecule has 0 aliphatic carbocycles. The number of furan rings is 1. The Morgan fingerprint density at radius 2 is 2.06 bits per heavy atom. The van der Waals surface area contributed by atoms with Crippen molar-refractivity contribution in [2.45, 2.75) is 26.8 Å². The lowest BCUT2D eigenvalue weighted by Gasteiger charge is -2.07. The molecule has 0 bridgehead atoms. The van der Waals surface area contributed by atoms with Crippen molar-refractivity contribution >= 4 is 43.6 Å². The highest BCUT2D eigenvalue weighted by Gasteiger charge is 2.23.